The van der Waals surface area contributed by atoms with Crippen LogP contribution < -0.4 is 15.8 Å². The Labute approximate surface area is 170 Å². The van der Waals surface area contributed by atoms with Crippen molar-refractivity contribution in [2.24, 2.45) is 12.8 Å². The van der Waals surface area contributed by atoms with E-state index < -0.39 is 0 Å². The number of nitrogens with zero attached hydrogens (tertiary/aromatic N) is 2. The Balaban J connectivity index is 1.92. The number of carbonyl (C=O) groups excluding carboxylic acids is 1. The smallest absolute Gasteiger partial charge is 0.258 e. The summed E-state index contributed by atoms with van der Waals surface area (Å²) in [7, 11) is 1.84. The number of nitrogens with two attached hydrogens (primary N) is 1. The molecule has 0 spiro atoms. The molecule has 0 aliphatic rings. The van der Waals surface area contributed by atoms with E-state index in [2.05, 4.69) is 10.4 Å². The standard InChI is InChI=1S/C18H18Cl2N4O2S/c1-10(21)9-26-15-4-3-11(7-12(15)14-5-6-22-24(14)2)23-18(25)13-8-16(19)27-17(13)20/h3-8,10H,9,21H2,1-2H3,(H,23,25)/t10-/m1/s1. The Bertz CT molecular complexity index is 968. The van der Waals surface area contributed by atoms with E-state index in [0.717, 1.165) is 22.6 Å². The van der Waals surface area contributed by atoms with Crippen LogP contribution in [0.4, 0.5) is 5.69 Å². The van der Waals surface area contributed by atoms with Crippen molar-refractivity contribution in [1.29, 1.82) is 0 Å². The first-order valence-corrected chi connectivity index (χ1v) is 9.69. The quantitative estimate of drug-likeness (QED) is 0.612. The number of hydrogen-bond acceptors (Lipinski definition) is 5. The Morgan fingerprint density at radius 1 is 1.37 bits per heavy atom. The van der Waals surface area contributed by atoms with Crippen LogP contribution in [0.25, 0.3) is 11.3 Å². The van der Waals surface area contributed by atoms with Gasteiger partial charge in [0, 0.05) is 30.5 Å². The van der Waals surface area contributed by atoms with E-state index in [4.69, 9.17) is 33.7 Å². The molecule has 3 N–H and O–H groups in total. The van der Waals surface area contributed by atoms with Crippen molar-refractivity contribution in [2.45, 2.75) is 13.0 Å². The van der Waals surface area contributed by atoms with Crippen molar-refractivity contribution in [3.63, 3.8) is 0 Å². The van der Waals surface area contributed by atoms with Crippen molar-refractivity contribution in [3.05, 3.63) is 50.8 Å². The van der Waals surface area contributed by atoms with Crippen LogP contribution in [0.3, 0.4) is 0 Å². The highest BCUT2D eigenvalue weighted by atomic mass is 35.5. The number of halogens is 2. The summed E-state index contributed by atoms with van der Waals surface area (Å²) < 4.78 is 8.37. The van der Waals surface area contributed by atoms with E-state index in [9.17, 15) is 4.79 Å². The van der Waals surface area contributed by atoms with E-state index in [-0.39, 0.29) is 11.9 Å². The third-order valence-corrected chi connectivity index (χ3v) is 5.22. The first kappa shape index (κ1) is 19.7. The van der Waals surface area contributed by atoms with Crippen molar-refractivity contribution in [2.75, 3.05) is 11.9 Å². The molecule has 3 aromatic rings. The number of carbonyl (C=O) groups is 1. The molecule has 9 heteroatoms. The van der Waals surface area contributed by atoms with E-state index in [0.29, 0.717) is 32.3 Å². The number of anilines is 1. The van der Waals surface area contributed by atoms with Gasteiger partial charge >= 0.3 is 0 Å². The molecule has 3 rings (SSSR count). The Hall–Kier alpha value is -2.06. The van der Waals surface area contributed by atoms with Gasteiger partial charge in [-0.2, -0.15) is 5.10 Å². The van der Waals surface area contributed by atoms with Gasteiger partial charge in [0.1, 0.15) is 16.7 Å². The van der Waals surface area contributed by atoms with E-state index in [1.807, 2.05) is 26.1 Å². The van der Waals surface area contributed by atoms with Crippen LogP contribution in [0.15, 0.2) is 36.5 Å². The maximum absolute atomic E-state index is 12.5. The molecule has 6 nitrogen and oxygen atoms in total. The lowest BCUT2D eigenvalue weighted by molar-refractivity contribution is 0.102. The lowest BCUT2D eigenvalue weighted by Crippen LogP contribution is -2.23. The fourth-order valence-electron chi connectivity index (χ4n) is 2.49. The Morgan fingerprint density at radius 3 is 2.74 bits per heavy atom. The zero-order chi connectivity index (χ0) is 19.6. The second-order valence-electron chi connectivity index (χ2n) is 6.03. The van der Waals surface area contributed by atoms with Gasteiger partial charge < -0.3 is 15.8 Å². The van der Waals surface area contributed by atoms with Gasteiger partial charge in [-0.3, -0.25) is 9.48 Å². The zero-order valence-corrected chi connectivity index (χ0v) is 17.0. The van der Waals surface area contributed by atoms with Crippen LogP contribution in [0.1, 0.15) is 17.3 Å². The average Bonchev–Trinajstić information content (AvgIpc) is 3.18. The number of amides is 1. The highest BCUT2D eigenvalue weighted by Gasteiger charge is 2.17. The number of aromatic nitrogens is 2. The Morgan fingerprint density at radius 2 is 2.15 bits per heavy atom. The number of rotatable bonds is 6. The normalized spacial score (nSPS) is 12.0. The number of ether oxygens (including phenoxy) is 1. The van der Waals surface area contributed by atoms with Crippen LogP contribution in [-0.2, 0) is 7.05 Å². The molecule has 2 aromatic heterocycles. The molecular formula is C18H18Cl2N4O2S. The molecule has 0 aliphatic carbocycles. The second kappa shape index (κ2) is 8.31. The number of thiophene rings is 1. The minimum Gasteiger partial charge on any atom is -0.491 e. The van der Waals surface area contributed by atoms with Crippen molar-refractivity contribution >= 4 is 46.1 Å². The van der Waals surface area contributed by atoms with Crippen LogP contribution >= 0.6 is 34.5 Å². The fraction of sp³-hybridized carbons (Fsp3) is 0.222. The van der Waals surface area contributed by atoms with Gasteiger partial charge in [0.15, 0.2) is 0 Å². The topological polar surface area (TPSA) is 82.2 Å². The van der Waals surface area contributed by atoms with Crippen LogP contribution in [0, 0.1) is 0 Å². The average molecular weight is 425 g/mol. The molecule has 0 bridgehead atoms. The summed E-state index contributed by atoms with van der Waals surface area (Å²) in [4.78, 5) is 12.5. The molecule has 2 heterocycles. The first-order valence-electron chi connectivity index (χ1n) is 8.12. The summed E-state index contributed by atoms with van der Waals surface area (Å²) in [5.74, 6) is 0.328. The van der Waals surface area contributed by atoms with E-state index in [1.54, 1.807) is 29.1 Å². The number of nitrogens with one attached hydrogen (secondary N) is 1. The second-order valence-corrected chi connectivity index (χ2v) is 8.32. The molecule has 0 saturated carbocycles. The predicted octanol–water partition coefficient (Wildman–Crippen LogP) is 4.43. The largest absolute Gasteiger partial charge is 0.491 e. The fourth-order valence-corrected chi connectivity index (χ4v) is 3.94. The molecule has 0 saturated heterocycles. The van der Waals surface area contributed by atoms with Crippen molar-refractivity contribution in [1.82, 2.24) is 9.78 Å². The minimum absolute atomic E-state index is 0.103. The number of hydrogen-bond donors (Lipinski definition) is 2. The lowest BCUT2D eigenvalue weighted by atomic mass is 10.1. The molecule has 1 aromatic carbocycles. The first-order chi connectivity index (χ1) is 12.8. The summed E-state index contributed by atoms with van der Waals surface area (Å²) in [6.45, 7) is 2.24. The van der Waals surface area contributed by atoms with Gasteiger partial charge in [-0.1, -0.05) is 23.2 Å². The minimum atomic E-state index is -0.330. The summed E-state index contributed by atoms with van der Waals surface area (Å²) in [5, 5.41) is 7.04. The van der Waals surface area contributed by atoms with Gasteiger partial charge in [-0.05, 0) is 37.3 Å². The highest BCUT2D eigenvalue weighted by Crippen LogP contribution is 2.34. The molecule has 0 fully saturated rings. The van der Waals surface area contributed by atoms with Gasteiger partial charge in [0.05, 0.1) is 15.6 Å². The van der Waals surface area contributed by atoms with Gasteiger partial charge in [-0.15, -0.1) is 11.3 Å². The maximum atomic E-state index is 12.5. The van der Waals surface area contributed by atoms with Crippen molar-refractivity contribution in [3.8, 4) is 17.0 Å². The van der Waals surface area contributed by atoms with E-state index >= 15 is 0 Å². The van der Waals surface area contributed by atoms with Crippen molar-refractivity contribution < 1.29 is 9.53 Å². The van der Waals surface area contributed by atoms with Crippen LogP contribution in [0.5, 0.6) is 5.75 Å². The lowest BCUT2D eigenvalue weighted by Gasteiger charge is -2.15. The molecule has 1 atom stereocenters. The summed E-state index contributed by atoms with van der Waals surface area (Å²) in [6.07, 6.45) is 1.70. The molecule has 0 unspecified atom stereocenters. The Kier molecular flexibility index (Phi) is 6.06. The third-order valence-electron chi connectivity index (χ3n) is 3.74. The van der Waals surface area contributed by atoms with Crippen LogP contribution in [0.2, 0.25) is 8.67 Å². The summed E-state index contributed by atoms with van der Waals surface area (Å²) in [5.41, 5.74) is 8.38. The van der Waals surface area contributed by atoms with E-state index in [1.165, 1.54) is 0 Å². The van der Waals surface area contributed by atoms with Gasteiger partial charge in [0.25, 0.3) is 5.91 Å². The van der Waals surface area contributed by atoms with Crippen LogP contribution in [-0.4, -0.2) is 28.3 Å². The molecule has 1 amide bonds. The number of benzene rings is 1. The summed E-state index contributed by atoms with van der Waals surface area (Å²) in [6, 6.07) is 8.70. The monoisotopic (exact) mass is 424 g/mol. The summed E-state index contributed by atoms with van der Waals surface area (Å²) >= 11 is 13.1. The molecular weight excluding hydrogens is 407 g/mol. The number of aryl methyl sites for hydroxylation is 1. The molecule has 142 valence electrons. The maximum Gasteiger partial charge on any atom is 0.258 e. The molecule has 0 radical (unpaired) electrons. The zero-order valence-electron chi connectivity index (χ0n) is 14.7. The third kappa shape index (κ3) is 4.62. The van der Waals surface area contributed by atoms with Gasteiger partial charge in [-0.25, -0.2) is 0 Å². The predicted molar refractivity (Wildman–Crippen MR) is 110 cm³/mol. The highest BCUT2D eigenvalue weighted by molar-refractivity contribution is 7.20. The molecule has 0 aliphatic heterocycles. The van der Waals surface area contributed by atoms with Gasteiger partial charge in [0.2, 0.25) is 0 Å². The SMILES string of the molecule is C[C@@H](N)COc1ccc(NC(=O)c2cc(Cl)sc2Cl)cc1-c1ccnn1C. The molecule has 27 heavy (non-hydrogen) atoms.